The number of amides is 2. The molecule has 2 fully saturated rings. The van der Waals surface area contributed by atoms with Crippen molar-refractivity contribution < 1.29 is 14.3 Å². The van der Waals surface area contributed by atoms with E-state index in [0.29, 0.717) is 34.6 Å². The van der Waals surface area contributed by atoms with E-state index in [1.807, 2.05) is 35.2 Å². The van der Waals surface area contributed by atoms with E-state index in [0.717, 1.165) is 44.7 Å². The number of nitrogens with zero attached hydrogens (tertiary/aromatic N) is 3. The number of likely N-dealkylation sites (N-methyl/N-ethyl adjacent to an activating group) is 1. The van der Waals surface area contributed by atoms with Crippen molar-refractivity contribution in [2.45, 2.75) is 12.8 Å². The summed E-state index contributed by atoms with van der Waals surface area (Å²) in [4.78, 5) is 34.8. The number of nitrogens with one attached hydrogen (secondary N) is 1. The lowest BCUT2D eigenvalue weighted by Crippen LogP contribution is -2.46. The van der Waals surface area contributed by atoms with Crippen molar-refractivity contribution in [3.8, 4) is 0 Å². The highest BCUT2D eigenvalue weighted by Crippen LogP contribution is 2.26. The van der Waals surface area contributed by atoms with Gasteiger partial charge in [0.1, 0.15) is 4.88 Å². The average Bonchev–Trinajstić information content (AvgIpc) is 3.27. The summed E-state index contributed by atoms with van der Waals surface area (Å²) in [6.45, 7) is 4.59. The Labute approximate surface area is 186 Å². The minimum atomic E-state index is -0.203. The second-order valence-electron chi connectivity index (χ2n) is 7.98. The van der Waals surface area contributed by atoms with Crippen molar-refractivity contribution in [2.24, 2.45) is 5.92 Å². The van der Waals surface area contributed by atoms with Crippen LogP contribution in [-0.2, 0) is 9.53 Å². The molecule has 0 saturated carbocycles. The number of hydrogen-bond donors (Lipinski definition) is 1. The second kappa shape index (κ2) is 10.2. The first-order chi connectivity index (χ1) is 15.1. The standard InChI is InChI=1S/C23H28N4O3S/c1-26-9-11-27(12-10-26)22(29)20-16-24-23(31-20)25-21(28)19(18-5-3-2-4-6-18)15-17-7-13-30-14-8-17/h2-6,15-17H,7-14H2,1H3,(H,24,25,28). The zero-order chi connectivity index (χ0) is 21.6. The van der Waals surface area contributed by atoms with Gasteiger partial charge in [-0.25, -0.2) is 4.98 Å². The second-order valence-corrected chi connectivity index (χ2v) is 9.01. The molecule has 1 aromatic carbocycles. The molecule has 1 N–H and O–H groups in total. The number of hydrogen-bond acceptors (Lipinski definition) is 6. The summed E-state index contributed by atoms with van der Waals surface area (Å²) in [5.74, 6) is 0.0816. The van der Waals surface area contributed by atoms with Gasteiger partial charge in [-0.05, 0) is 31.4 Å². The Balaban J connectivity index is 1.47. The fraction of sp³-hybridized carbons (Fsp3) is 0.435. The summed E-state index contributed by atoms with van der Waals surface area (Å²) in [6, 6.07) is 9.67. The van der Waals surface area contributed by atoms with Gasteiger partial charge in [-0.3, -0.25) is 14.9 Å². The van der Waals surface area contributed by atoms with Crippen LogP contribution < -0.4 is 5.32 Å². The van der Waals surface area contributed by atoms with Gasteiger partial charge in [-0.1, -0.05) is 47.7 Å². The van der Waals surface area contributed by atoms with Gasteiger partial charge in [0, 0.05) is 45.0 Å². The van der Waals surface area contributed by atoms with E-state index in [1.165, 1.54) is 11.3 Å². The predicted octanol–water partition coefficient (Wildman–Crippen LogP) is 2.98. The van der Waals surface area contributed by atoms with E-state index >= 15 is 0 Å². The van der Waals surface area contributed by atoms with Gasteiger partial charge in [0.2, 0.25) is 0 Å². The van der Waals surface area contributed by atoms with Crippen LogP contribution in [0.1, 0.15) is 28.1 Å². The van der Waals surface area contributed by atoms with Gasteiger partial charge < -0.3 is 14.5 Å². The van der Waals surface area contributed by atoms with Crippen LogP contribution in [0.3, 0.4) is 0 Å². The van der Waals surface area contributed by atoms with E-state index in [1.54, 1.807) is 6.20 Å². The zero-order valence-corrected chi connectivity index (χ0v) is 18.6. The van der Waals surface area contributed by atoms with Crippen molar-refractivity contribution in [3.63, 3.8) is 0 Å². The number of benzene rings is 1. The molecule has 0 bridgehead atoms. The van der Waals surface area contributed by atoms with Crippen LogP contribution in [0.5, 0.6) is 0 Å². The van der Waals surface area contributed by atoms with E-state index in [9.17, 15) is 9.59 Å². The van der Waals surface area contributed by atoms with Crippen LogP contribution in [0.25, 0.3) is 5.57 Å². The summed E-state index contributed by atoms with van der Waals surface area (Å²) < 4.78 is 5.45. The molecule has 2 aromatic rings. The topological polar surface area (TPSA) is 74.8 Å². The van der Waals surface area contributed by atoms with Crippen molar-refractivity contribution in [1.82, 2.24) is 14.8 Å². The number of thiazole rings is 1. The Morgan fingerprint density at radius 1 is 1.13 bits per heavy atom. The van der Waals surface area contributed by atoms with Crippen LogP contribution in [0, 0.1) is 5.92 Å². The fourth-order valence-electron chi connectivity index (χ4n) is 3.80. The highest BCUT2D eigenvalue weighted by molar-refractivity contribution is 7.17. The van der Waals surface area contributed by atoms with Crippen molar-refractivity contribution in [1.29, 1.82) is 0 Å². The maximum Gasteiger partial charge on any atom is 0.265 e. The SMILES string of the molecule is CN1CCN(C(=O)c2cnc(NC(=O)C(=CC3CCOCC3)c3ccccc3)s2)CC1. The van der Waals surface area contributed by atoms with Gasteiger partial charge >= 0.3 is 0 Å². The molecule has 2 saturated heterocycles. The maximum atomic E-state index is 13.2. The van der Waals surface area contributed by atoms with Crippen molar-refractivity contribution >= 4 is 33.9 Å². The quantitative estimate of drug-likeness (QED) is 0.724. The molecule has 7 nitrogen and oxygen atoms in total. The van der Waals surface area contributed by atoms with Gasteiger partial charge in [0.15, 0.2) is 5.13 Å². The first-order valence-corrected chi connectivity index (χ1v) is 11.5. The maximum absolute atomic E-state index is 13.2. The number of rotatable bonds is 5. The molecule has 0 unspecified atom stereocenters. The molecule has 2 aliphatic rings. The first-order valence-electron chi connectivity index (χ1n) is 10.7. The molecule has 0 radical (unpaired) electrons. The van der Waals surface area contributed by atoms with Gasteiger partial charge in [0.05, 0.1) is 6.20 Å². The van der Waals surface area contributed by atoms with Gasteiger partial charge in [-0.15, -0.1) is 0 Å². The molecule has 3 heterocycles. The molecule has 0 spiro atoms. The van der Waals surface area contributed by atoms with Crippen LogP contribution in [0.15, 0.2) is 42.6 Å². The minimum absolute atomic E-state index is 0.0212. The Kier molecular flexibility index (Phi) is 7.11. The minimum Gasteiger partial charge on any atom is -0.381 e. The summed E-state index contributed by atoms with van der Waals surface area (Å²) in [6.07, 6.45) is 5.43. The smallest absolute Gasteiger partial charge is 0.265 e. The fourth-order valence-corrected chi connectivity index (χ4v) is 4.58. The number of aromatic nitrogens is 1. The van der Waals surface area contributed by atoms with Crippen LogP contribution in [0.2, 0.25) is 0 Å². The number of anilines is 1. The molecular weight excluding hydrogens is 412 g/mol. The third kappa shape index (κ3) is 5.58. The lowest BCUT2D eigenvalue weighted by atomic mass is 9.94. The lowest BCUT2D eigenvalue weighted by Gasteiger charge is -2.31. The van der Waals surface area contributed by atoms with Crippen LogP contribution >= 0.6 is 11.3 Å². The normalized spacial score (nSPS) is 18.7. The number of allylic oxidation sites excluding steroid dienone is 1. The molecule has 0 aliphatic carbocycles. The Hall–Kier alpha value is -2.55. The highest BCUT2D eigenvalue weighted by Gasteiger charge is 2.23. The van der Waals surface area contributed by atoms with E-state index in [4.69, 9.17) is 4.74 Å². The number of carbonyl (C=O) groups excluding carboxylic acids is 2. The number of piperazine rings is 1. The molecular formula is C23H28N4O3S. The lowest BCUT2D eigenvalue weighted by molar-refractivity contribution is -0.111. The largest absolute Gasteiger partial charge is 0.381 e. The molecule has 164 valence electrons. The molecule has 1 aromatic heterocycles. The van der Waals surface area contributed by atoms with Gasteiger partial charge in [0.25, 0.3) is 11.8 Å². The summed E-state index contributed by atoms with van der Waals surface area (Å²) in [5.41, 5.74) is 1.51. The molecule has 4 rings (SSSR count). The zero-order valence-electron chi connectivity index (χ0n) is 17.8. The van der Waals surface area contributed by atoms with Crippen LogP contribution in [0.4, 0.5) is 5.13 Å². The number of ether oxygens (including phenoxy) is 1. The predicted molar refractivity (Wildman–Crippen MR) is 122 cm³/mol. The first kappa shape index (κ1) is 21.7. The molecule has 2 amide bonds. The Morgan fingerprint density at radius 3 is 2.55 bits per heavy atom. The Morgan fingerprint density at radius 2 is 1.84 bits per heavy atom. The van der Waals surface area contributed by atoms with E-state index in [2.05, 4.69) is 28.3 Å². The summed E-state index contributed by atoms with van der Waals surface area (Å²) in [7, 11) is 2.06. The van der Waals surface area contributed by atoms with Crippen molar-refractivity contribution in [2.75, 3.05) is 51.8 Å². The average molecular weight is 441 g/mol. The summed E-state index contributed by atoms with van der Waals surface area (Å²) in [5, 5.41) is 3.35. The van der Waals surface area contributed by atoms with E-state index < -0.39 is 0 Å². The summed E-state index contributed by atoms with van der Waals surface area (Å²) >= 11 is 1.23. The van der Waals surface area contributed by atoms with Crippen LogP contribution in [-0.4, -0.2) is 73.0 Å². The third-order valence-electron chi connectivity index (χ3n) is 5.73. The number of carbonyl (C=O) groups is 2. The monoisotopic (exact) mass is 440 g/mol. The third-order valence-corrected chi connectivity index (χ3v) is 6.63. The van der Waals surface area contributed by atoms with Crippen molar-refractivity contribution in [3.05, 3.63) is 53.0 Å². The van der Waals surface area contributed by atoms with E-state index in [-0.39, 0.29) is 11.8 Å². The molecule has 8 heteroatoms. The Bertz CT molecular complexity index is 929. The highest BCUT2D eigenvalue weighted by atomic mass is 32.1. The molecule has 2 aliphatic heterocycles. The van der Waals surface area contributed by atoms with Gasteiger partial charge in [-0.2, -0.15) is 0 Å². The molecule has 31 heavy (non-hydrogen) atoms. The molecule has 0 atom stereocenters.